The van der Waals surface area contributed by atoms with Gasteiger partial charge in [-0.15, -0.1) is 0 Å². The van der Waals surface area contributed by atoms with Crippen molar-refractivity contribution in [2.24, 2.45) is 5.92 Å². The zero-order chi connectivity index (χ0) is 16.1. The van der Waals surface area contributed by atoms with Gasteiger partial charge in [-0.3, -0.25) is 4.79 Å². The molecule has 5 rings (SSSR count). The van der Waals surface area contributed by atoms with Crippen molar-refractivity contribution in [1.29, 1.82) is 0 Å². The monoisotopic (exact) mass is 317 g/mol. The highest BCUT2D eigenvalue weighted by molar-refractivity contribution is 5.93. The van der Waals surface area contributed by atoms with E-state index in [4.69, 9.17) is 0 Å². The number of aromatic amines is 1. The average molecular weight is 317 g/mol. The number of hydrogen-bond donors (Lipinski definition) is 2. The van der Waals surface area contributed by atoms with Crippen molar-refractivity contribution in [2.45, 2.75) is 12.8 Å². The summed E-state index contributed by atoms with van der Waals surface area (Å²) in [4.78, 5) is 23.8. The quantitative estimate of drug-likeness (QED) is 0.609. The molecule has 4 heterocycles. The number of fused-ring (bicyclic) bond motifs is 2. The molecule has 6 heteroatoms. The number of amides is 1. The predicted molar refractivity (Wildman–Crippen MR) is 91.6 cm³/mol. The lowest BCUT2D eigenvalue weighted by atomic mass is 10.1. The number of H-pyrrole nitrogens is 1. The normalized spacial score (nSPS) is 14.3. The van der Waals surface area contributed by atoms with Crippen LogP contribution in [0.25, 0.3) is 27.8 Å². The minimum atomic E-state index is 0.0701. The first-order chi connectivity index (χ1) is 11.8. The molecule has 1 aliphatic carbocycles. The van der Waals surface area contributed by atoms with Gasteiger partial charge < -0.3 is 14.7 Å². The third-order valence-corrected chi connectivity index (χ3v) is 4.38. The number of hydrogen-bond acceptors (Lipinski definition) is 3. The van der Waals surface area contributed by atoms with Crippen LogP contribution in [0, 0.1) is 5.92 Å². The molecule has 4 aromatic heterocycles. The summed E-state index contributed by atoms with van der Waals surface area (Å²) in [5.41, 5.74) is 3.78. The van der Waals surface area contributed by atoms with Gasteiger partial charge in [-0.2, -0.15) is 0 Å². The van der Waals surface area contributed by atoms with Crippen LogP contribution in [0.15, 0.2) is 49.1 Å². The highest BCUT2D eigenvalue weighted by atomic mass is 16.2. The smallest absolute Gasteiger partial charge is 0.228 e. The Morgan fingerprint density at radius 2 is 2.12 bits per heavy atom. The van der Waals surface area contributed by atoms with Crippen molar-refractivity contribution < 1.29 is 4.79 Å². The number of nitrogens with one attached hydrogen (secondary N) is 2. The molecule has 0 saturated heterocycles. The predicted octanol–water partition coefficient (Wildman–Crippen LogP) is 3.23. The number of aromatic nitrogens is 4. The number of rotatable bonds is 3. The second-order valence-corrected chi connectivity index (χ2v) is 6.21. The summed E-state index contributed by atoms with van der Waals surface area (Å²) in [6, 6.07) is 8.08. The number of anilines is 1. The Balaban J connectivity index is 1.51. The molecule has 1 saturated carbocycles. The molecule has 0 unspecified atom stereocenters. The van der Waals surface area contributed by atoms with Crippen LogP contribution in [-0.2, 0) is 4.79 Å². The minimum absolute atomic E-state index is 0.0701. The maximum absolute atomic E-state index is 11.9. The molecule has 0 aliphatic heterocycles. The summed E-state index contributed by atoms with van der Waals surface area (Å²) < 4.78 is 1.93. The van der Waals surface area contributed by atoms with Gasteiger partial charge in [-0.1, -0.05) is 0 Å². The van der Waals surface area contributed by atoms with Crippen molar-refractivity contribution in [1.82, 2.24) is 19.4 Å². The van der Waals surface area contributed by atoms with Crippen LogP contribution < -0.4 is 5.32 Å². The second-order valence-electron chi connectivity index (χ2n) is 6.21. The molecule has 118 valence electrons. The average Bonchev–Trinajstić information content (AvgIpc) is 3.21. The largest absolute Gasteiger partial charge is 0.346 e. The van der Waals surface area contributed by atoms with Crippen LogP contribution in [0.5, 0.6) is 0 Å². The lowest BCUT2D eigenvalue weighted by molar-refractivity contribution is -0.117. The maximum Gasteiger partial charge on any atom is 0.228 e. The number of imidazole rings is 1. The van der Waals surface area contributed by atoms with E-state index in [0.29, 0.717) is 5.82 Å². The third-order valence-electron chi connectivity index (χ3n) is 4.38. The fourth-order valence-corrected chi connectivity index (χ4v) is 2.89. The molecule has 2 N–H and O–H groups in total. The van der Waals surface area contributed by atoms with Gasteiger partial charge in [0.05, 0.1) is 6.20 Å². The van der Waals surface area contributed by atoms with Gasteiger partial charge in [-0.25, -0.2) is 9.97 Å². The van der Waals surface area contributed by atoms with Gasteiger partial charge in [0.15, 0.2) is 5.82 Å². The van der Waals surface area contributed by atoms with E-state index < -0.39 is 0 Å². The molecule has 1 amide bonds. The molecule has 1 fully saturated rings. The van der Waals surface area contributed by atoms with Crippen LogP contribution in [-0.4, -0.2) is 25.3 Å². The van der Waals surface area contributed by atoms with Crippen LogP contribution >= 0.6 is 0 Å². The Bertz CT molecular complexity index is 1070. The van der Waals surface area contributed by atoms with Gasteiger partial charge in [0.25, 0.3) is 0 Å². The van der Waals surface area contributed by atoms with Crippen molar-refractivity contribution in [3.63, 3.8) is 0 Å². The molecular formula is C18H15N5O. The molecule has 0 bridgehead atoms. The van der Waals surface area contributed by atoms with Crippen LogP contribution in [0.3, 0.4) is 0 Å². The van der Waals surface area contributed by atoms with Gasteiger partial charge in [0.1, 0.15) is 11.3 Å². The zero-order valence-corrected chi connectivity index (χ0v) is 12.9. The first-order valence-corrected chi connectivity index (χ1v) is 7.99. The van der Waals surface area contributed by atoms with Crippen LogP contribution in [0.4, 0.5) is 5.82 Å². The first-order valence-electron chi connectivity index (χ1n) is 7.99. The second kappa shape index (κ2) is 4.92. The fourth-order valence-electron chi connectivity index (χ4n) is 2.89. The molecule has 0 atom stereocenters. The zero-order valence-electron chi connectivity index (χ0n) is 12.9. The maximum atomic E-state index is 11.9. The molecule has 6 nitrogen and oxygen atoms in total. The van der Waals surface area contributed by atoms with E-state index >= 15 is 0 Å². The van der Waals surface area contributed by atoms with Crippen molar-refractivity contribution in [2.75, 3.05) is 5.32 Å². The summed E-state index contributed by atoms with van der Waals surface area (Å²) in [5, 5.41) is 3.97. The van der Waals surface area contributed by atoms with Crippen LogP contribution in [0.1, 0.15) is 12.8 Å². The standard InChI is InChI=1S/C18H15N5O/c24-18(11-1-2-11)22-15-10-23-9-13(3-4-16(23)21-15)14-7-12-5-6-19-17(12)20-8-14/h3-11H,1-2H2,(H,19,20)(H,22,24). The molecule has 4 aromatic rings. The molecule has 1 aliphatic rings. The third kappa shape index (κ3) is 2.23. The number of carbonyl (C=O) groups is 1. The van der Waals surface area contributed by atoms with E-state index in [1.807, 2.05) is 47.4 Å². The Morgan fingerprint density at radius 3 is 3.00 bits per heavy atom. The van der Waals surface area contributed by atoms with Gasteiger partial charge in [0.2, 0.25) is 5.91 Å². The SMILES string of the molecule is O=C(Nc1cn2cc(-c3cnc4[nH]ccc4c3)ccc2n1)C1CC1. The lowest BCUT2D eigenvalue weighted by Gasteiger charge is -2.02. The molecule has 0 aromatic carbocycles. The summed E-state index contributed by atoms with van der Waals surface area (Å²) in [6.07, 6.45) is 9.56. The topological polar surface area (TPSA) is 75.1 Å². The Labute approximate surface area is 137 Å². The van der Waals surface area contributed by atoms with E-state index in [9.17, 15) is 4.79 Å². The van der Waals surface area contributed by atoms with Gasteiger partial charge >= 0.3 is 0 Å². The first kappa shape index (κ1) is 13.3. The Hall–Kier alpha value is -3.15. The van der Waals surface area contributed by atoms with E-state index in [1.165, 1.54) is 0 Å². The number of carbonyl (C=O) groups excluding carboxylic acids is 1. The molecule has 0 radical (unpaired) electrons. The summed E-state index contributed by atoms with van der Waals surface area (Å²) in [6.45, 7) is 0. The number of nitrogens with zero attached hydrogens (tertiary/aromatic N) is 3. The Kier molecular flexibility index (Phi) is 2.73. The van der Waals surface area contributed by atoms with Crippen LogP contribution in [0.2, 0.25) is 0 Å². The highest BCUT2D eigenvalue weighted by Gasteiger charge is 2.29. The lowest BCUT2D eigenvalue weighted by Crippen LogP contribution is -2.13. The Morgan fingerprint density at radius 1 is 1.21 bits per heavy atom. The molecular weight excluding hydrogens is 302 g/mol. The minimum Gasteiger partial charge on any atom is -0.346 e. The van der Waals surface area contributed by atoms with E-state index in [0.717, 1.165) is 40.6 Å². The summed E-state index contributed by atoms with van der Waals surface area (Å²) in [5.74, 6) is 0.841. The highest BCUT2D eigenvalue weighted by Crippen LogP contribution is 2.30. The molecule has 24 heavy (non-hydrogen) atoms. The van der Waals surface area contributed by atoms with Gasteiger partial charge in [0, 0.05) is 41.0 Å². The van der Waals surface area contributed by atoms with E-state index in [1.54, 1.807) is 0 Å². The van der Waals surface area contributed by atoms with Gasteiger partial charge in [-0.05, 0) is 37.1 Å². The van der Waals surface area contributed by atoms with Crippen molar-refractivity contribution in [3.05, 3.63) is 49.1 Å². The summed E-state index contributed by atoms with van der Waals surface area (Å²) in [7, 11) is 0. The fraction of sp³-hybridized carbons (Fsp3) is 0.167. The molecule has 0 spiro atoms. The number of pyridine rings is 2. The van der Waals surface area contributed by atoms with Crippen molar-refractivity contribution in [3.8, 4) is 11.1 Å². The van der Waals surface area contributed by atoms with Crippen molar-refractivity contribution >= 4 is 28.4 Å². The summed E-state index contributed by atoms with van der Waals surface area (Å²) >= 11 is 0. The van der Waals surface area contributed by atoms with E-state index in [-0.39, 0.29) is 11.8 Å². The van der Waals surface area contributed by atoms with E-state index in [2.05, 4.69) is 26.3 Å².